The molecule has 36 heavy (non-hydrogen) atoms. The summed E-state index contributed by atoms with van der Waals surface area (Å²) >= 11 is 0.700. The molecular formula is C22F6N6S2. The zero-order chi connectivity index (χ0) is 26.0. The highest BCUT2D eigenvalue weighted by molar-refractivity contribution is 7.18. The number of halogens is 6. The van der Waals surface area contributed by atoms with Gasteiger partial charge in [0.1, 0.15) is 32.5 Å². The molecule has 5 aromatic rings. The van der Waals surface area contributed by atoms with Gasteiger partial charge in [-0.3, -0.25) is 0 Å². The number of hydrogen-bond donors (Lipinski definition) is 0. The summed E-state index contributed by atoms with van der Waals surface area (Å²) in [4.78, 5) is 10.2. The highest BCUT2D eigenvalue weighted by Gasteiger charge is 2.31. The molecule has 0 fully saturated rings. The number of hydrogen-bond acceptors (Lipinski definition) is 7. The topological polar surface area (TPSA) is 102 Å². The first-order valence-electron chi connectivity index (χ1n) is 9.21. The van der Waals surface area contributed by atoms with Gasteiger partial charge in [-0.1, -0.05) is 0 Å². The van der Waals surface area contributed by atoms with E-state index in [0.29, 0.717) is 22.7 Å². The van der Waals surface area contributed by atoms with E-state index in [2.05, 4.69) is 14.8 Å². The predicted octanol–water partition coefficient (Wildman–Crippen LogP) is 4.80. The van der Waals surface area contributed by atoms with Gasteiger partial charge < -0.3 is 0 Å². The van der Waals surface area contributed by atoms with Crippen molar-refractivity contribution in [3.63, 3.8) is 0 Å². The fourth-order valence-corrected chi connectivity index (χ4v) is 5.69. The minimum absolute atomic E-state index is 0.339. The first kappa shape index (κ1) is 23.0. The van der Waals surface area contributed by atoms with Gasteiger partial charge in [0.15, 0.2) is 40.5 Å². The lowest BCUT2D eigenvalue weighted by Gasteiger charge is -2.12. The lowest BCUT2D eigenvalue weighted by atomic mass is 9.98. The average molecular weight is 526 g/mol. The molecule has 0 spiro atoms. The summed E-state index contributed by atoms with van der Waals surface area (Å²) in [5.74, 6) is -10.5. The van der Waals surface area contributed by atoms with Crippen LogP contribution in [-0.2, 0) is 0 Å². The zero-order valence-electron chi connectivity index (χ0n) is 16.8. The monoisotopic (exact) mass is 526 g/mol. The molecule has 14 heteroatoms. The molecule has 2 aromatic heterocycles. The molecule has 0 radical (unpaired) electrons. The molecule has 0 saturated heterocycles. The van der Waals surface area contributed by atoms with Crippen molar-refractivity contribution in [2.75, 3.05) is 0 Å². The molecule has 0 unspecified atom stereocenters. The Morgan fingerprint density at radius 3 is 1.78 bits per heavy atom. The fraction of sp³-hybridized carbons (Fsp3) is 0. The van der Waals surface area contributed by atoms with Gasteiger partial charge in [0.2, 0.25) is 0 Å². The third-order valence-corrected chi connectivity index (χ3v) is 7.33. The highest BCUT2D eigenvalue weighted by atomic mass is 32.1. The van der Waals surface area contributed by atoms with E-state index in [9.17, 15) is 0 Å². The molecule has 172 valence electrons. The van der Waals surface area contributed by atoms with Crippen LogP contribution in [0.15, 0.2) is 0 Å². The Balaban J connectivity index is 2.17. The van der Waals surface area contributed by atoms with E-state index in [-0.39, 0.29) is 0 Å². The van der Waals surface area contributed by atoms with Crippen LogP contribution >= 0.6 is 22.7 Å². The van der Waals surface area contributed by atoms with Crippen LogP contribution < -0.4 is 9.33 Å². The van der Waals surface area contributed by atoms with Gasteiger partial charge in [-0.25, -0.2) is 46.4 Å². The Morgan fingerprint density at radius 1 is 0.639 bits per heavy atom. The molecule has 2 heterocycles. The third-order valence-electron chi connectivity index (χ3n) is 5.19. The van der Waals surface area contributed by atoms with Crippen LogP contribution in [0.3, 0.4) is 0 Å². The van der Waals surface area contributed by atoms with Gasteiger partial charge >= 0.3 is 0 Å². The second-order valence-corrected chi connectivity index (χ2v) is 8.95. The number of aromatic nitrogens is 2. The first-order chi connectivity index (χ1) is 17.2. The van der Waals surface area contributed by atoms with Gasteiger partial charge in [0.25, 0.3) is 5.70 Å². The average Bonchev–Trinajstić information content (AvgIpc) is 3.50. The second-order valence-electron chi connectivity index (χ2n) is 6.95. The fourth-order valence-electron chi connectivity index (χ4n) is 3.70. The van der Waals surface area contributed by atoms with Crippen LogP contribution in [0.4, 0.5) is 26.3 Å². The van der Waals surface area contributed by atoms with Crippen molar-refractivity contribution in [3.05, 3.63) is 55.6 Å². The van der Waals surface area contributed by atoms with Crippen LogP contribution in [0.25, 0.3) is 58.1 Å². The SMILES string of the molecule is [C-]#[N+]/C(C#N)=c1\nc2c(F)c3c(F)c(F)c4c5sc(=C(C#N)C#N)nc5c(F)c(F)c4c3c(F)c2s1. The Hall–Kier alpha value is -4.76. The van der Waals surface area contributed by atoms with E-state index in [1.807, 2.05) is 0 Å². The molecular weight excluding hydrogens is 526 g/mol. The van der Waals surface area contributed by atoms with Crippen LogP contribution in [0, 0.1) is 75.5 Å². The Bertz CT molecular complexity index is 2140. The summed E-state index contributed by atoms with van der Waals surface area (Å²) in [6, 6.07) is 4.45. The number of nitrogens with zero attached hydrogens (tertiary/aromatic N) is 6. The molecule has 0 saturated carbocycles. The normalized spacial score (nSPS) is 11.9. The first-order valence-corrected chi connectivity index (χ1v) is 10.8. The molecule has 0 aliphatic rings. The van der Waals surface area contributed by atoms with Gasteiger partial charge in [-0.05, 0) is 0 Å². The van der Waals surface area contributed by atoms with Gasteiger partial charge in [-0.15, -0.1) is 22.7 Å². The molecule has 5 rings (SSSR count). The lowest BCUT2D eigenvalue weighted by Crippen LogP contribution is -2.02. The number of thiazole rings is 2. The van der Waals surface area contributed by atoms with Gasteiger partial charge in [0, 0.05) is 16.2 Å². The van der Waals surface area contributed by atoms with Crippen molar-refractivity contribution in [2.45, 2.75) is 0 Å². The quantitative estimate of drug-likeness (QED) is 0.164. The molecule has 0 atom stereocenters. The largest absolute Gasteiger partial charge is 0.296 e. The number of fused-ring (bicyclic) bond motifs is 6. The van der Waals surface area contributed by atoms with Crippen molar-refractivity contribution in [1.82, 2.24) is 9.97 Å². The van der Waals surface area contributed by atoms with Crippen molar-refractivity contribution >= 4 is 75.9 Å². The summed E-state index contributed by atoms with van der Waals surface area (Å²) < 4.78 is 89.8. The Labute approximate surface area is 201 Å². The molecule has 0 bridgehead atoms. The lowest BCUT2D eigenvalue weighted by molar-refractivity contribution is 0.513. The molecule has 0 aliphatic heterocycles. The van der Waals surface area contributed by atoms with Crippen molar-refractivity contribution in [2.24, 2.45) is 0 Å². The van der Waals surface area contributed by atoms with Gasteiger partial charge in [0.05, 0.1) is 27.4 Å². The number of benzene rings is 3. The summed E-state index contributed by atoms with van der Waals surface area (Å²) in [5, 5.41) is 22.5. The maximum atomic E-state index is 15.7. The van der Waals surface area contributed by atoms with E-state index in [1.165, 1.54) is 18.2 Å². The summed E-state index contributed by atoms with van der Waals surface area (Å²) in [5.41, 5.74) is -2.92. The summed E-state index contributed by atoms with van der Waals surface area (Å²) in [6.07, 6.45) is 0. The van der Waals surface area contributed by atoms with E-state index in [0.717, 1.165) is 0 Å². The summed E-state index contributed by atoms with van der Waals surface area (Å²) in [6.45, 7) is 6.98. The van der Waals surface area contributed by atoms with Crippen LogP contribution in [0.2, 0.25) is 0 Å². The van der Waals surface area contributed by atoms with Crippen LogP contribution in [0.5, 0.6) is 0 Å². The molecule has 0 aliphatic carbocycles. The third kappa shape index (κ3) is 2.80. The smallest absolute Gasteiger partial charge is 0.244 e. The molecule has 0 amide bonds. The molecule has 3 aromatic carbocycles. The van der Waals surface area contributed by atoms with E-state index in [1.54, 1.807) is 0 Å². The summed E-state index contributed by atoms with van der Waals surface area (Å²) in [7, 11) is 0. The number of rotatable bonds is 0. The maximum absolute atomic E-state index is 15.7. The van der Waals surface area contributed by atoms with E-state index >= 15 is 26.3 Å². The van der Waals surface area contributed by atoms with Crippen LogP contribution in [0.1, 0.15) is 0 Å². The minimum Gasteiger partial charge on any atom is -0.244 e. The van der Waals surface area contributed by atoms with Crippen molar-refractivity contribution < 1.29 is 26.3 Å². The minimum atomic E-state index is -1.94. The molecule has 6 nitrogen and oxygen atoms in total. The van der Waals surface area contributed by atoms with Crippen molar-refractivity contribution in [3.8, 4) is 18.2 Å². The van der Waals surface area contributed by atoms with E-state index < -0.39 is 97.5 Å². The Kier molecular flexibility index (Phi) is 5.04. The molecule has 0 N–H and O–H groups in total. The second kappa shape index (κ2) is 7.89. The number of nitriles is 3. The van der Waals surface area contributed by atoms with Gasteiger partial charge in [-0.2, -0.15) is 10.5 Å². The van der Waals surface area contributed by atoms with Crippen molar-refractivity contribution in [1.29, 1.82) is 15.8 Å². The zero-order valence-corrected chi connectivity index (χ0v) is 18.4. The maximum Gasteiger partial charge on any atom is 0.296 e. The predicted molar refractivity (Wildman–Crippen MR) is 117 cm³/mol. The standard InChI is InChI=1S/C22F6N6S2/c1-32-6(4-31)22-34-17-14(26)9-7(15(27)20(17)36-22)8-10(13(25)12(9)24)19-18(16(28)11(8)23)33-21(35-19)5(2-29)3-30/b22-6+. The highest BCUT2D eigenvalue weighted by Crippen LogP contribution is 2.43. The van der Waals surface area contributed by atoms with E-state index in [4.69, 9.17) is 22.4 Å². The Morgan fingerprint density at radius 2 is 1.17 bits per heavy atom. The van der Waals surface area contributed by atoms with Crippen LogP contribution in [-0.4, -0.2) is 9.97 Å².